The highest BCUT2D eigenvalue weighted by atomic mass is 19.3. The van der Waals surface area contributed by atoms with Crippen LogP contribution in [0.25, 0.3) is 0 Å². The zero-order chi connectivity index (χ0) is 16.2. The number of nitrogens with zero attached hydrogens (tertiary/aromatic N) is 1. The van der Waals surface area contributed by atoms with Crippen molar-refractivity contribution in [3.63, 3.8) is 0 Å². The Balaban J connectivity index is 3.09. The highest BCUT2D eigenvalue weighted by molar-refractivity contribution is 5.99. The number of rotatable bonds is 5. The Morgan fingerprint density at radius 2 is 1.81 bits per heavy atom. The molecule has 1 rings (SSSR count). The molecule has 0 aliphatic carbocycles. The van der Waals surface area contributed by atoms with E-state index in [2.05, 4.69) is 16.3 Å². The van der Waals surface area contributed by atoms with Crippen molar-refractivity contribution < 1.29 is 13.5 Å². The summed E-state index contributed by atoms with van der Waals surface area (Å²) in [7, 11) is 0. The van der Waals surface area contributed by atoms with E-state index in [1.54, 1.807) is 12.1 Å². The summed E-state index contributed by atoms with van der Waals surface area (Å²) >= 11 is 0. The van der Waals surface area contributed by atoms with Crippen LogP contribution in [0.3, 0.4) is 0 Å². The zero-order valence-electron chi connectivity index (χ0n) is 13.1. The van der Waals surface area contributed by atoms with Gasteiger partial charge in [0.2, 0.25) is 0 Å². The molecule has 4 heteroatoms. The SMILES string of the molecule is C=C(C)/C(C)=C(\C)N=C(C)c1cccc(OC(C)(F)F)c1. The Bertz CT molecular complexity index is 595. The van der Waals surface area contributed by atoms with Crippen molar-refractivity contribution >= 4 is 5.71 Å². The van der Waals surface area contributed by atoms with Crippen molar-refractivity contribution in [3.8, 4) is 5.75 Å². The summed E-state index contributed by atoms with van der Waals surface area (Å²) < 4.78 is 30.3. The van der Waals surface area contributed by atoms with Gasteiger partial charge in [-0.3, -0.25) is 4.99 Å². The normalized spacial score (nSPS) is 13.8. The summed E-state index contributed by atoms with van der Waals surface area (Å²) in [5.41, 5.74) is 4.30. The molecule has 0 aromatic heterocycles. The van der Waals surface area contributed by atoms with Crippen molar-refractivity contribution in [2.75, 3.05) is 0 Å². The van der Waals surface area contributed by atoms with E-state index in [0.717, 1.165) is 28.1 Å². The summed E-state index contributed by atoms with van der Waals surface area (Å²) in [6.07, 6.45) is -3.20. The number of benzene rings is 1. The molecular formula is C17H21F2NO. The van der Waals surface area contributed by atoms with Crippen LogP contribution in [-0.2, 0) is 0 Å². The minimum Gasteiger partial charge on any atom is -0.433 e. The van der Waals surface area contributed by atoms with Gasteiger partial charge >= 0.3 is 6.11 Å². The van der Waals surface area contributed by atoms with Crippen molar-refractivity contribution in [1.82, 2.24) is 0 Å². The largest absolute Gasteiger partial charge is 0.433 e. The summed E-state index contributed by atoms with van der Waals surface area (Å²) in [5.74, 6) is 0.118. The first-order valence-corrected chi connectivity index (χ1v) is 6.66. The van der Waals surface area contributed by atoms with Crippen LogP contribution in [0.5, 0.6) is 5.75 Å². The molecule has 0 aliphatic heterocycles. The summed E-state index contributed by atoms with van der Waals surface area (Å²) in [4.78, 5) is 4.50. The fraction of sp³-hybridized carbons (Fsp3) is 0.353. The molecule has 0 heterocycles. The highest BCUT2D eigenvalue weighted by Crippen LogP contribution is 2.22. The van der Waals surface area contributed by atoms with Gasteiger partial charge in [-0.1, -0.05) is 24.3 Å². The average molecular weight is 293 g/mol. The van der Waals surface area contributed by atoms with Crippen LogP contribution in [0.1, 0.15) is 40.2 Å². The Morgan fingerprint density at radius 1 is 1.19 bits per heavy atom. The van der Waals surface area contributed by atoms with E-state index < -0.39 is 6.11 Å². The van der Waals surface area contributed by atoms with Gasteiger partial charge in [-0.25, -0.2) is 0 Å². The fourth-order valence-corrected chi connectivity index (χ4v) is 1.70. The minimum atomic E-state index is -3.20. The molecule has 0 amide bonds. The van der Waals surface area contributed by atoms with Crippen molar-refractivity contribution in [3.05, 3.63) is 53.3 Å². The van der Waals surface area contributed by atoms with Gasteiger partial charge in [-0.15, -0.1) is 0 Å². The monoisotopic (exact) mass is 293 g/mol. The Hall–Kier alpha value is -1.97. The molecule has 0 atom stereocenters. The number of halogens is 2. The second kappa shape index (κ2) is 6.66. The molecule has 114 valence electrons. The molecule has 0 spiro atoms. The molecule has 0 fully saturated rings. The van der Waals surface area contributed by atoms with Crippen LogP contribution in [0, 0.1) is 0 Å². The van der Waals surface area contributed by atoms with Crippen molar-refractivity contribution in [2.45, 2.75) is 40.7 Å². The molecule has 0 radical (unpaired) electrons. The Morgan fingerprint density at radius 3 is 2.33 bits per heavy atom. The van der Waals surface area contributed by atoms with E-state index in [4.69, 9.17) is 0 Å². The average Bonchev–Trinajstić information content (AvgIpc) is 2.35. The molecular weight excluding hydrogens is 272 g/mol. The molecule has 1 aromatic carbocycles. The Labute approximate surface area is 124 Å². The van der Waals surface area contributed by atoms with Gasteiger partial charge in [0.05, 0.1) is 0 Å². The lowest BCUT2D eigenvalue weighted by molar-refractivity contribution is -0.158. The Kier molecular flexibility index (Phi) is 5.41. The first-order chi connectivity index (χ1) is 9.60. The topological polar surface area (TPSA) is 21.6 Å². The standard InChI is InChI=1S/C17H21F2NO/c1-11(2)12(3)13(4)20-14(5)15-8-7-9-16(10-15)21-17(6,18)19/h7-10H,1H2,2-6H3/b13-12+,20-14?. The molecule has 0 bridgehead atoms. The fourth-order valence-electron chi connectivity index (χ4n) is 1.70. The van der Waals surface area contributed by atoms with E-state index >= 15 is 0 Å². The van der Waals surface area contributed by atoms with Gasteiger partial charge in [0.25, 0.3) is 0 Å². The summed E-state index contributed by atoms with van der Waals surface area (Å²) in [5, 5.41) is 0. The zero-order valence-corrected chi connectivity index (χ0v) is 13.1. The van der Waals surface area contributed by atoms with Gasteiger partial charge in [-0.05, 0) is 51.0 Å². The van der Waals surface area contributed by atoms with Crippen LogP contribution >= 0.6 is 0 Å². The lowest BCUT2D eigenvalue weighted by atomic mass is 10.1. The number of hydrogen-bond donors (Lipinski definition) is 0. The third-order valence-electron chi connectivity index (χ3n) is 3.07. The van der Waals surface area contributed by atoms with Crippen LogP contribution in [0.4, 0.5) is 8.78 Å². The van der Waals surface area contributed by atoms with Gasteiger partial charge in [0, 0.05) is 18.3 Å². The lowest BCUT2D eigenvalue weighted by Gasteiger charge is -2.13. The molecule has 1 aromatic rings. The summed E-state index contributed by atoms with van der Waals surface area (Å²) in [6, 6.07) is 6.53. The van der Waals surface area contributed by atoms with E-state index in [1.807, 2.05) is 33.8 Å². The van der Waals surface area contributed by atoms with Gasteiger partial charge in [0.1, 0.15) is 5.75 Å². The van der Waals surface area contributed by atoms with E-state index in [9.17, 15) is 8.78 Å². The maximum absolute atomic E-state index is 12.9. The predicted octanol–water partition coefficient (Wildman–Crippen LogP) is 5.36. The quantitative estimate of drug-likeness (QED) is 0.529. The summed E-state index contributed by atoms with van der Waals surface area (Å²) in [6.45, 7) is 12.2. The van der Waals surface area contributed by atoms with Gasteiger partial charge < -0.3 is 4.74 Å². The number of allylic oxidation sites excluding steroid dienone is 3. The van der Waals surface area contributed by atoms with E-state index in [0.29, 0.717) is 6.92 Å². The highest BCUT2D eigenvalue weighted by Gasteiger charge is 2.23. The minimum absolute atomic E-state index is 0.118. The van der Waals surface area contributed by atoms with Gasteiger partial charge in [-0.2, -0.15) is 8.78 Å². The molecule has 2 nitrogen and oxygen atoms in total. The van der Waals surface area contributed by atoms with E-state index in [-0.39, 0.29) is 5.75 Å². The van der Waals surface area contributed by atoms with Gasteiger partial charge in [0.15, 0.2) is 0 Å². The molecule has 0 saturated heterocycles. The number of hydrogen-bond acceptors (Lipinski definition) is 2. The first kappa shape index (κ1) is 17.1. The van der Waals surface area contributed by atoms with Crippen LogP contribution in [-0.4, -0.2) is 11.8 Å². The van der Waals surface area contributed by atoms with E-state index in [1.165, 1.54) is 6.07 Å². The molecule has 0 N–H and O–H groups in total. The predicted molar refractivity (Wildman–Crippen MR) is 83.1 cm³/mol. The number of alkyl halides is 2. The number of aliphatic imine (C=N–C) groups is 1. The maximum Gasteiger partial charge on any atom is 0.394 e. The smallest absolute Gasteiger partial charge is 0.394 e. The molecule has 0 aliphatic rings. The molecule has 0 unspecified atom stereocenters. The second-order valence-electron chi connectivity index (χ2n) is 5.13. The maximum atomic E-state index is 12.9. The third kappa shape index (κ3) is 5.50. The van der Waals surface area contributed by atoms with Crippen molar-refractivity contribution in [2.24, 2.45) is 4.99 Å². The lowest BCUT2D eigenvalue weighted by Crippen LogP contribution is -2.19. The molecule has 21 heavy (non-hydrogen) atoms. The molecule has 0 saturated carbocycles. The van der Waals surface area contributed by atoms with Crippen LogP contribution in [0.2, 0.25) is 0 Å². The van der Waals surface area contributed by atoms with Crippen molar-refractivity contribution in [1.29, 1.82) is 0 Å². The second-order valence-corrected chi connectivity index (χ2v) is 5.13. The van der Waals surface area contributed by atoms with Crippen LogP contribution in [0.15, 0.2) is 52.7 Å². The third-order valence-corrected chi connectivity index (χ3v) is 3.07. The number of ether oxygens (including phenoxy) is 1. The van der Waals surface area contributed by atoms with Crippen LogP contribution < -0.4 is 4.74 Å². The first-order valence-electron chi connectivity index (χ1n) is 6.66.